The lowest BCUT2D eigenvalue weighted by atomic mass is 9.77. The van der Waals surface area contributed by atoms with Crippen molar-refractivity contribution in [2.75, 3.05) is 13.2 Å². The molecule has 13 heteroatoms. The lowest BCUT2D eigenvalue weighted by Crippen LogP contribution is -2.57. The smallest absolute Gasteiger partial charge is 0.306 e. The summed E-state index contributed by atoms with van der Waals surface area (Å²) in [6.07, 6.45) is 10.9. The topological polar surface area (TPSA) is 161 Å². The first-order chi connectivity index (χ1) is 25.7. The van der Waals surface area contributed by atoms with Crippen LogP contribution >= 0.6 is 0 Å². The summed E-state index contributed by atoms with van der Waals surface area (Å²) in [6.45, 7) is 10.4. The quantitative estimate of drug-likeness (QED) is 0.291. The molecule has 0 unspecified atom stereocenters. The molecule has 1 aromatic heterocycles. The first kappa shape index (κ1) is 38.3. The molecule has 1 aromatic carbocycles. The lowest BCUT2D eigenvalue weighted by molar-refractivity contribution is -0.154. The van der Waals surface area contributed by atoms with Crippen LogP contribution in [0.4, 0.5) is 0 Å². The Kier molecular flexibility index (Phi) is 10.6. The number of nitrogens with one attached hydrogen (secondary N) is 2. The number of carbonyl (C=O) groups is 4. The van der Waals surface area contributed by atoms with Crippen LogP contribution in [0.1, 0.15) is 102 Å². The third-order valence-electron chi connectivity index (χ3n) is 12.4. The van der Waals surface area contributed by atoms with Gasteiger partial charge in [-0.2, -0.15) is 0 Å². The molecule has 5 aliphatic rings. The Morgan fingerprint density at radius 2 is 1.83 bits per heavy atom. The van der Waals surface area contributed by atoms with E-state index >= 15 is 0 Å². The van der Waals surface area contributed by atoms with Gasteiger partial charge in [-0.05, 0) is 98.3 Å². The fourth-order valence-corrected chi connectivity index (χ4v) is 10.2. The molecule has 3 saturated carbocycles. The fourth-order valence-electron chi connectivity index (χ4n) is 8.82. The van der Waals surface area contributed by atoms with Crippen molar-refractivity contribution in [1.82, 2.24) is 19.9 Å². The second-order valence-electron chi connectivity index (χ2n) is 17.2. The summed E-state index contributed by atoms with van der Waals surface area (Å²) >= 11 is 0. The monoisotopic (exact) mass is 762 g/mol. The van der Waals surface area contributed by atoms with Gasteiger partial charge in [-0.15, -0.1) is 6.58 Å². The predicted molar refractivity (Wildman–Crippen MR) is 203 cm³/mol. The summed E-state index contributed by atoms with van der Waals surface area (Å²) in [4.78, 5) is 62.5. The summed E-state index contributed by atoms with van der Waals surface area (Å²) < 4.78 is 40.2. The van der Waals surface area contributed by atoms with Gasteiger partial charge in [-0.25, -0.2) is 13.4 Å². The van der Waals surface area contributed by atoms with E-state index < -0.39 is 62.6 Å². The Hall–Kier alpha value is -4.00. The van der Waals surface area contributed by atoms with Crippen molar-refractivity contribution in [2.24, 2.45) is 23.2 Å². The second-order valence-corrected chi connectivity index (χ2v) is 19.1. The Bertz CT molecular complexity index is 1940. The molecular weight excluding hydrogens is 709 g/mol. The van der Waals surface area contributed by atoms with Gasteiger partial charge >= 0.3 is 5.97 Å². The van der Waals surface area contributed by atoms with Gasteiger partial charge in [-0.3, -0.25) is 23.9 Å². The zero-order valence-electron chi connectivity index (χ0n) is 31.7. The summed E-state index contributed by atoms with van der Waals surface area (Å²) in [5.41, 5.74) is 0.538. The molecule has 3 heterocycles. The van der Waals surface area contributed by atoms with E-state index in [2.05, 4.69) is 54.5 Å². The average molecular weight is 763 g/mol. The zero-order valence-corrected chi connectivity index (χ0v) is 32.5. The second kappa shape index (κ2) is 14.9. The van der Waals surface area contributed by atoms with Crippen LogP contribution in [0.15, 0.2) is 37.1 Å². The third-order valence-corrected chi connectivity index (χ3v) is 14.2. The summed E-state index contributed by atoms with van der Waals surface area (Å²) in [7, 11) is -3.88. The van der Waals surface area contributed by atoms with Crippen molar-refractivity contribution in [1.29, 1.82) is 0 Å². The van der Waals surface area contributed by atoms with E-state index in [0.29, 0.717) is 18.7 Å². The van der Waals surface area contributed by atoms with E-state index in [9.17, 15) is 27.6 Å². The summed E-state index contributed by atoms with van der Waals surface area (Å²) in [6, 6.07) is 5.14. The molecule has 7 rings (SSSR count). The predicted octanol–water partition coefficient (Wildman–Crippen LogP) is 5.05. The van der Waals surface area contributed by atoms with Gasteiger partial charge in [0, 0.05) is 23.9 Å². The molecule has 2 N–H and O–H groups in total. The normalized spacial score (nSPS) is 29.4. The number of pyridine rings is 1. The number of hydrogen-bond acceptors (Lipinski definition) is 9. The number of cyclic esters (lactones) is 1. The van der Waals surface area contributed by atoms with Crippen molar-refractivity contribution in [2.45, 2.75) is 127 Å². The van der Waals surface area contributed by atoms with Crippen molar-refractivity contribution < 1.29 is 37.1 Å². The molecule has 4 fully saturated rings. The number of ether oxygens (including phenoxy) is 2. The van der Waals surface area contributed by atoms with Crippen molar-refractivity contribution in [3.63, 3.8) is 0 Å². The van der Waals surface area contributed by atoms with Crippen molar-refractivity contribution in [3.8, 4) is 5.88 Å². The summed E-state index contributed by atoms with van der Waals surface area (Å²) in [5.74, 6) is -2.96. The molecule has 3 amide bonds. The minimum atomic E-state index is -3.88. The number of sulfonamides is 1. The average Bonchev–Trinajstić information content (AvgIpc) is 4.07. The van der Waals surface area contributed by atoms with Crippen LogP contribution in [0.5, 0.6) is 5.88 Å². The maximum absolute atomic E-state index is 14.9. The minimum absolute atomic E-state index is 0.0548. The highest BCUT2D eigenvalue weighted by Crippen LogP contribution is 2.46. The molecular formula is C41H54N4O8S. The highest BCUT2D eigenvalue weighted by atomic mass is 32.2. The molecule has 54 heavy (non-hydrogen) atoms. The van der Waals surface area contributed by atoms with Crippen LogP contribution in [-0.4, -0.2) is 78.1 Å². The third kappa shape index (κ3) is 8.02. The largest absolute Gasteiger partial charge is 0.472 e. The number of hydrogen-bond donors (Lipinski definition) is 2. The van der Waals surface area contributed by atoms with Gasteiger partial charge in [0.15, 0.2) is 0 Å². The molecule has 2 aromatic rings. The SMILES string of the molecule is C=C[C@@H]1C[C@]1(NC(=O)[C@@H]1C[C@@H]2CN1C(=O)[C@H](C1CCCCC1)CC(=O)OCC(C)(C)CCCc1cc3c(nccc3cc1C)O2)C(=O)NS(=O)(=O)C1CC1. The molecule has 5 atom stereocenters. The Morgan fingerprint density at radius 1 is 1.07 bits per heavy atom. The molecule has 4 bridgehead atoms. The highest BCUT2D eigenvalue weighted by molar-refractivity contribution is 7.91. The summed E-state index contributed by atoms with van der Waals surface area (Å²) in [5, 5.41) is 4.07. The number of esters is 1. The first-order valence-corrected chi connectivity index (χ1v) is 21.3. The standard InChI is InChI=1S/C41H54N4O8S/c1-5-29-22-41(29,39(49)44-54(50,51)31-13-14-31)43-36(47)34-20-30-23-45(34)38(48)33(26-10-7-6-8-11-26)21-35(46)52-24-40(3,4)16-9-12-27-19-32-28(18-25(27)2)15-17-42-37(32)53-30/h5,15,17-19,26,29-31,33-34H,1,6-14,16,20-24H2,2-4H3,(H,43,47)(H,44,49)/t29-,30-,33+,34+,41-/m1/s1. The molecule has 0 spiro atoms. The molecule has 12 nitrogen and oxygen atoms in total. The Balaban J connectivity index is 1.23. The van der Waals surface area contributed by atoms with Crippen LogP contribution in [0.25, 0.3) is 10.8 Å². The Labute approximate surface area is 318 Å². The van der Waals surface area contributed by atoms with E-state index in [0.717, 1.165) is 67.7 Å². The number of amides is 3. The van der Waals surface area contributed by atoms with Gasteiger partial charge < -0.3 is 19.7 Å². The van der Waals surface area contributed by atoms with Crippen LogP contribution in [0, 0.1) is 30.1 Å². The number of rotatable bonds is 7. The van der Waals surface area contributed by atoms with Crippen LogP contribution < -0.4 is 14.8 Å². The lowest BCUT2D eigenvalue weighted by Gasteiger charge is -2.34. The maximum Gasteiger partial charge on any atom is 0.306 e. The van der Waals surface area contributed by atoms with Crippen molar-refractivity contribution >= 4 is 44.5 Å². The van der Waals surface area contributed by atoms with E-state index in [4.69, 9.17) is 9.47 Å². The van der Waals surface area contributed by atoms with Gasteiger partial charge in [0.05, 0.1) is 30.7 Å². The minimum Gasteiger partial charge on any atom is -0.472 e. The van der Waals surface area contributed by atoms with E-state index in [1.54, 1.807) is 12.3 Å². The van der Waals surface area contributed by atoms with Crippen LogP contribution in [0.2, 0.25) is 0 Å². The molecule has 1 saturated heterocycles. The maximum atomic E-state index is 14.9. The van der Waals surface area contributed by atoms with E-state index in [-0.39, 0.29) is 49.7 Å². The number of aromatic nitrogens is 1. The van der Waals surface area contributed by atoms with Crippen molar-refractivity contribution in [3.05, 3.63) is 48.2 Å². The Morgan fingerprint density at radius 3 is 2.54 bits per heavy atom. The van der Waals surface area contributed by atoms with E-state index in [1.165, 1.54) is 10.5 Å². The fraction of sp³-hybridized carbons (Fsp3) is 0.634. The molecule has 0 radical (unpaired) electrons. The van der Waals surface area contributed by atoms with E-state index in [1.807, 2.05) is 6.07 Å². The molecule has 292 valence electrons. The number of aryl methyl sites for hydroxylation is 2. The number of benzene rings is 1. The van der Waals surface area contributed by atoms with Gasteiger partial charge in [0.25, 0.3) is 5.91 Å². The van der Waals surface area contributed by atoms with Gasteiger partial charge in [-0.1, -0.05) is 45.3 Å². The molecule has 3 aliphatic carbocycles. The van der Waals surface area contributed by atoms with Crippen LogP contribution in [0.3, 0.4) is 0 Å². The van der Waals surface area contributed by atoms with Crippen LogP contribution in [-0.2, 0) is 40.4 Å². The highest BCUT2D eigenvalue weighted by Gasteiger charge is 2.62. The van der Waals surface area contributed by atoms with Gasteiger partial charge in [0.1, 0.15) is 17.7 Å². The number of nitrogens with zero attached hydrogens (tertiary/aromatic N) is 2. The van der Waals surface area contributed by atoms with Gasteiger partial charge in [0.2, 0.25) is 27.7 Å². The molecule has 2 aliphatic heterocycles. The first-order valence-electron chi connectivity index (χ1n) is 19.7. The number of fused-ring (bicyclic) bond motifs is 3. The zero-order chi connectivity index (χ0) is 38.4. The number of carbonyl (C=O) groups excluding carboxylic acids is 4.